The predicted molar refractivity (Wildman–Crippen MR) is 160 cm³/mol. The first-order valence-electron chi connectivity index (χ1n) is 13.8. The highest BCUT2D eigenvalue weighted by atomic mass is 16.6. The summed E-state index contributed by atoms with van der Waals surface area (Å²) < 4.78 is 31.6. The van der Waals surface area contributed by atoms with Gasteiger partial charge in [-0.2, -0.15) is 0 Å². The maximum Gasteiger partial charge on any atom is 0.338 e. The molecule has 0 aliphatic rings. The summed E-state index contributed by atoms with van der Waals surface area (Å²) in [6.45, 7) is 14.6. The summed E-state index contributed by atoms with van der Waals surface area (Å²) in [7, 11) is 5.57. The van der Waals surface area contributed by atoms with Crippen LogP contribution in [0.1, 0.15) is 95.5 Å². The van der Waals surface area contributed by atoms with E-state index in [1.54, 1.807) is 79.7 Å². The molecular formula is C32H46O10. The number of carbonyl (C=O) groups excluding carboxylic acids is 3. The number of carbonyl (C=O) groups is 4. The maximum atomic E-state index is 12.1. The van der Waals surface area contributed by atoms with Crippen LogP contribution in [0.25, 0.3) is 0 Å². The molecule has 0 heterocycles. The van der Waals surface area contributed by atoms with Crippen LogP contribution in [0, 0.1) is 0 Å². The standard InChI is InChI=1S/C17H24O5.C13H16O5.C2H6/c1-16(2,3)22-14(18)11-8-9-12(13(10-11)20-6)17(4,5)15(19)21-7;1-13(2,12(16)18-4)9-6-5-8(11(14)15)7-10(9)17-3;1-2/h8-10H,1-7H3;5-7H,1-4H3,(H,14,15);1-2H3/i;;1D. The summed E-state index contributed by atoms with van der Waals surface area (Å²) in [5, 5.41) is 8.91. The minimum Gasteiger partial charge on any atom is -0.496 e. The lowest BCUT2D eigenvalue weighted by Gasteiger charge is -2.25. The molecule has 0 aliphatic heterocycles. The highest BCUT2D eigenvalue weighted by molar-refractivity contribution is 5.91. The topological polar surface area (TPSA) is 135 Å². The first kappa shape index (κ1) is 35.9. The van der Waals surface area contributed by atoms with E-state index < -0.39 is 34.3 Å². The van der Waals surface area contributed by atoms with Gasteiger partial charge in [0.1, 0.15) is 17.1 Å². The molecule has 10 heteroatoms. The number of hydrogen-bond donors (Lipinski definition) is 1. The van der Waals surface area contributed by atoms with Crippen LogP contribution in [0.2, 0.25) is 0 Å². The van der Waals surface area contributed by atoms with Crippen molar-refractivity contribution in [1.29, 1.82) is 0 Å². The van der Waals surface area contributed by atoms with E-state index in [-0.39, 0.29) is 11.5 Å². The Kier molecular flexibility index (Phi) is 13.5. The number of aromatic carboxylic acids is 1. The Balaban J connectivity index is 0.000000763. The van der Waals surface area contributed by atoms with Crippen molar-refractivity contribution in [3.63, 3.8) is 0 Å². The lowest BCUT2D eigenvalue weighted by Crippen LogP contribution is -2.31. The Morgan fingerprint density at radius 1 is 0.690 bits per heavy atom. The molecule has 0 saturated heterocycles. The maximum absolute atomic E-state index is 12.1. The minimum atomic E-state index is -1.05. The van der Waals surface area contributed by atoms with Gasteiger partial charge in [0.25, 0.3) is 0 Å². The minimum absolute atomic E-state index is 0.108. The van der Waals surface area contributed by atoms with E-state index in [4.69, 9.17) is 30.2 Å². The van der Waals surface area contributed by atoms with Crippen LogP contribution < -0.4 is 9.47 Å². The normalized spacial score (nSPS) is 11.3. The first-order chi connectivity index (χ1) is 19.8. The van der Waals surface area contributed by atoms with Crippen LogP contribution in [0.15, 0.2) is 36.4 Å². The molecule has 0 radical (unpaired) electrons. The molecule has 0 fully saturated rings. The van der Waals surface area contributed by atoms with Crippen molar-refractivity contribution < 1.29 is 49.3 Å². The average Bonchev–Trinajstić information content (AvgIpc) is 2.95. The van der Waals surface area contributed by atoms with Gasteiger partial charge < -0.3 is 28.8 Å². The number of rotatable bonds is 8. The number of ether oxygens (including phenoxy) is 5. The highest BCUT2D eigenvalue weighted by Gasteiger charge is 2.35. The fourth-order valence-electron chi connectivity index (χ4n) is 3.74. The molecule has 0 aliphatic carbocycles. The van der Waals surface area contributed by atoms with Gasteiger partial charge in [-0.25, -0.2) is 9.59 Å². The number of carboxylic acids is 1. The van der Waals surface area contributed by atoms with Crippen molar-refractivity contribution in [3.05, 3.63) is 58.7 Å². The van der Waals surface area contributed by atoms with Gasteiger partial charge in [0, 0.05) is 12.5 Å². The summed E-state index contributed by atoms with van der Waals surface area (Å²) in [5.74, 6) is -1.48. The third-order valence-electron chi connectivity index (χ3n) is 6.02. The van der Waals surface area contributed by atoms with E-state index in [1.165, 1.54) is 40.6 Å². The monoisotopic (exact) mass is 591 g/mol. The number of hydrogen-bond acceptors (Lipinski definition) is 9. The zero-order valence-corrected chi connectivity index (χ0v) is 26.8. The van der Waals surface area contributed by atoms with E-state index in [1.807, 2.05) is 0 Å². The summed E-state index contributed by atoms with van der Waals surface area (Å²) in [5.41, 5.74) is -0.652. The quantitative estimate of drug-likeness (QED) is 0.289. The zero-order chi connectivity index (χ0) is 33.8. The second-order valence-electron chi connectivity index (χ2n) is 10.9. The third kappa shape index (κ3) is 9.78. The molecule has 2 aromatic rings. The van der Waals surface area contributed by atoms with E-state index in [2.05, 4.69) is 0 Å². The second kappa shape index (κ2) is 15.8. The van der Waals surface area contributed by atoms with E-state index in [9.17, 15) is 19.2 Å². The summed E-state index contributed by atoms with van der Waals surface area (Å²) in [4.78, 5) is 46.6. The number of esters is 3. The van der Waals surface area contributed by atoms with Gasteiger partial charge in [-0.05, 0) is 72.7 Å². The van der Waals surface area contributed by atoms with Crippen LogP contribution in [0.5, 0.6) is 11.5 Å². The van der Waals surface area contributed by atoms with Gasteiger partial charge in [0.05, 0.1) is 50.4 Å². The molecule has 234 valence electrons. The molecule has 0 saturated carbocycles. The smallest absolute Gasteiger partial charge is 0.338 e. The van der Waals surface area contributed by atoms with Crippen molar-refractivity contribution in [3.8, 4) is 11.5 Å². The van der Waals surface area contributed by atoms with Crippen LogP contribution >= 0.6 is 0 Å². The Labute approximate surface area is 250 Å². The fourth-order valence-corrected chi connectivity index (χ4v) is 3.74. The van der Waals surface area contributed by atoms with Crippen molar-refractivity contribution in [2.75, 3.05) is 28.4 Å². The number of carboxylic acid groups (broad SMARTS) is 1. The molecule has 0 atom stereocenters. The average molecular weight is 592 g/mol. The van der Waals surface area contributed by atoms with E-state index >= 15 is 0 Å². The van der Waals surface area contributed by atoms with Gasteiger partial charge in [-0.3, -0.25) is 9.59 Å². The molecule has 0 unspecified atom stereocenters. The van der Waals surface area contributed by atoms with Crippen LogP contribution in [0.4, 0.5) is 0 Å². The van der Waals surface area contributed by atoms with Gasteiger partial charge in [0.2, 0.25) is 0 Å². The SMILES string of the molecule is COC(=O)C(C)(C)c1ccc(C(=O)O)cc1OC.COC(=O)C(C)(C)c1ccc(C(=O)OC(C)(C)C)cc1OC.[2H]CC. The van der Waals surface area contributed by atoms with Crippen LogP contribution in [-0.4, -0.2) is 63.0 Å². The Morgan fingerprint density at radius 2 is 1.05 bits per heavy atom. The van der Waals surface area contributed by atoms with Crippen molar-refractivity contribution in [1.82, 2.24) is 0 Å². The first-order valence-corrected chi connectivity index (χ1v) is 13.1. The predicted octanol–water partition coefficient (Wildman–Crippen LogP) is 5.97. The van der Waals surface area contributed by atoms with Gasteiger partial charge >= 0.3 is 23.9 Å². The second-order valence-corrected chi connectivity index (χ2v) is 10.9. The molecule has 10 nitrogen and oxygen atoms in total. The summed E-state index contributed by atoms with van der Waals surface area (Å²) in [6, 6.07) is 9.28. The molecule has 2 aromatic carbocycles. The van der Waals surface area contributed by atoms with E-state index in [0.29, 0.717) is 35.1 Å². The van der Waals surface area contributed by atoms with Gasteiger partial charge in [-0.1, -0.05) is 26.0 Å². The molecule has 0 spiro atoms. The van der Waals surface area contributed by atoms with Gasteiger partial charge in [0.15, 0.2) is 0 Å². The Morgan fingerprint density at radius 3 is 1.36 bits per heavy atom. The Hall–Kier alpha value is -4.08. The van der Waals surface area contributed by atoms with E-state index in [0.717, 1.165) is 0 Å². The number of methoxy groups -OCH3 is 4. The summed E-state index contributed by atoms with van der Waals surface area (Å²) >= 11 is 0. The molecule has 0 amide bonds. The Bertz CT molecular complexity index is 1260. The molecule has 2 rings (SSSR count). The molecule has 0 aromatic heterocycles. The third-order valence-corrected chi connectivity index (χ3v) is 6.02. The van der Waals surface area contributed by atoms with Crippen LogP contribution in [-0.2, 0) is 34.6 Å². The number of benzene rings is 2. The fraction of sp³-hybridized carbons (Fsp3) is 0.500. The molecular weight excluding hydrogens is 544 g/mol. The summed E-state index contributed by atoms with van der Waals surface area (Å²) in [6.07, 6.45) is 0. The molecule has 1 N–H and O–H groups in total. The van der Waals surface area contributed by atoms with Crippen molar-refractivity contribution >= 4 is 23.9 Å². The largest absolute Gasteiger partial charge is 0.496 e. The molecule has 0 bridgehead atoms. The van der Waals surface area contributed by atoms with Crippen LogP contribution in [0.3, 0.4) is 0 Å². The van der Waals surface area contributed by atoms with Crippen molar-refractivity contribution in [2.24, 2.45) is 0 Å². The molecule has 42 heavy (non-hydrogen) atoms. The van der Waals surface area contributed by atoms with Gasteiger partial charge in [-0.15, -0.1) is 0 Å². The zero-order valence-electron chi connectivity index (χ0n) is 27.8. The van der Waals surface area contributed by atoms with Crippen molar-refractivity contribution in [2.45, 2.75) is 78.7 Å². The lowest BCUT2D eigenvalue weighted by atomic mass is 9.83. The lowest BCUT2D eigenvalue weighted by molar-refractivity contribution is -0.147. The highest BCUT2D eigenvalue weighted by Crippen LogP contribution is 2.35.